The summed E-state index contributed by atoms with van der Waals surface area (Å²) in [4.78, 5) is 12.1. The van der Waals surface area contributed by atoms with Crippen LogP contribution in [0.2, 0.25) is 0 Å². The van der Waals surface area contributed by atoms with E-state index in [2.05, 4.69) is 15.9 Å². The second-order valence-electron chi connectivity index (χ2n) is 2.62. The van der Waals surface area contributed by atoms with E-state index >= 15 is 0 Å². The standard InChI is InChI=1S/C9H7BrO2S2/c1-2-12-9(11)6-3-5-4-13-8(10)7(5)14-6/h3-4H,2H2,1H3. The zero-order chi connectivity index (χ0) is 10.1. The molecule has 5 heteroatoms. The summed E-state index contributed by atoms with van der Waals surface area (Å²) in [6, 6.07) is 1.87. The molecule has 0 aromatic carbocycles. The fourth-order valence-corrected chi connectivity index (χ4v) is 3.72. The predicted octanol–water partition coefficient (Wildman–Crippen LogP) is 3.90. The summed E-state index contributed by atoms with van der Waals surface area (Å²) in [5.74, 6) is -0.231. The molecule has 74 valence electrons. The van der Waals surface area contributed by atoms with Crippen LogP contribution < -0.4 is 0 Å². The van der Waals surface area contributed by atoms with Crippen LogP contribution in [0.4, 0.5) is 0 Å². The third kappa shape index (κ3) is 1.71. The number of hydrogen-bond acceptors (Lipinski definition) is 4. The second kappa shape index (κ2) is 4.00. The van der Waals surface area contributed by atoms with Gasteiger partial charge in [0.1, 0.15) is 4.88 Å². The van der Waals surface area contributed by atoms with Gasteiger partial charge in [-0.15, -0.1) is 22.7 Å². The summed E-state index contributed by atoms with van der Waals surface area (Å²) in [5, 5.41) is 3.13. The Balaban J connectivity index is 2.40. The summed E-state index contributed by atoms with van der Waals surface area (Å²) >= 11 is 6.55. The number of hydrogen-bond donors (Lipinski definition) is 0. The highest BCUT2D eigenvalue weighted by molar-refractivity contribution is 9.11. The average molecular weight is 291 g/mol. The van der Waals surface area contributed by atoms with Crippen molar-refractivity contribution in [3.63, 3.8) is 0 Å². The number of rotatable bonds is 2. The number of thiophene rings is 2. The van der Waals surface area contributed by atoms with Crippen LogP contribution in [0.5, 0.6) is 0 Å². The number of carbonyl (C=O) groups is 1. The Morgan fingerprint density at radius 2 is 2.43 bits per heavy atom. The van der Waals surface area contributed by atoms with Crippen molar-refractivity contribution in [2.45, 2.75) is 6.92 Å². The number of ether oxygens (including phenoxy) is 1. The second-order valence-corrected chi connectivity index (χ2v) is 5.87. The van der Waals surface area contributed by atoms with Crippen LogP contribution in [0.15, 0.2) is 15.2 Å². The molecule has 0 aliphatic rings. The number of halogens is 1. The molecule has 14 heavy (non-hydrogen) atoms. The Kier molecular flexibility index (Phi) is 2.90. The first-order chi connectivity index (χ1) is 6.72. The molecular weight excluding hydrogens is 284 g/mol. The minimum absolute atomic E-state index is 0.231. The van der Waals surface area contributed by atoms with E-state index in [1.165, 1.54) is 11.3 Å². The normalized spacial score (nSPS) is 10.7. The van der Waals surface area contributed by atoms with Crippen molar-refractivity contribution >= 4 is 54.7 Å². The Morgan fingerprint density at radius 1 is 1.64 bits per heavy atom. The van der Waals surface area contributed by atoms with Gasteiger partial charge in [-0.1, -0.05) is 0 Å². The van der Waals surface area contributed by atoms with E-state index in [-0.39, 0.29) is 5.97 Å². The quantitative estimate of drug-likeness (QED) is 0.784. The van der Waals surface area contributed by atoms with Gasteiger partial charge in [-0.25, -0.2) is 4.79 Å². The van der Waals surface area contributed by atoms with E-state index in [9.17, 15) is 4.79 Å². The molecule has 0 amide bonds. The summed E-state index contributed by atoms with van der Waals surface area (Å²) in [5.41, 5.74) is 0. The molecule has 0 fully saturated rings. The zero-order valence-electron chi connectivity index (χ0n) is 7.37. The molecule has 2 aromatic heterocycles. The fourth-order valence-electron chi connectivity index (χ4n) is 1.12. The lowest BCUT2D eigenvalue weighted by Crippen LogP contribution is -2.01. The van der Waals surface area contributed by atoms with Gasteiger partial charge < -0.3 is 4.74 Å². The Labute approximate surface area is 97.6 Å². The van der Waals surface area contributed by atoms with E-state index in [1.54, 1.807) is 11.3 Å². The predicted molar refractivity (Wildman–Crippen MR) is 63.4 cm³/mol. The molecule has 0 bridgehead atoms. The highest BCUT2D eigenvalue weighted by Gasteiger charge is 2.13. The van der Waals surface area contributed by atoms with Crippen molar-refractivity contribution in [1.82, 2.24) is 0 Å². The first-order valence-electron chi connectivity index (χ1n) is 4.06. The first-order valence-corrected chi connectivity index (χ1v) is 6.55. The number of carbonyl (C=O) groups excluding carboxylic acids is 1. The largest absolute Gasteiger partial charge is 0.462 e. The minimum atomic E-state index is -0.231. The maximum Gasteiger partial charge on any atom is 0.348 e. The Morgan fingerprint density at radius 3 is 3.07 bits per heavy atom. The lowest BCUT2D eigenvalue weighted by molar-refractivity contribution is 0.0532. The van der Waals surface area contributed by atoms with Gasteiger partial charge in [0.15, 0.2) is 0 Å². The van der Waals surface area contributed by atoms with Crippen molar-refractivity contribution in [1.29, 1.82) is 0 Å². The fraction of sp³-hybridized carbons (Fsp3) is 0.222. The van der Waals surface area contributed by atoms with E-state index in [0.29, 0.717) is 11.5 Å². The summed E-state index contributed by atoms with van der Waals surface area (Å²) in [6.45, 7) is 2.23. The number of esters is 1. The van der Waals surface area contributed by atoms with Crippen molar-refractivity contribution in [3.8, 4) is 0 Å². The smallest absolute Gasteiger partial charge is 0.348 e. The molecule has 2 rings (SSSR count). The van der Waals surface area contributed by atoms with Crippen LogP contribution in [0.25, 0.3) is 10.1 Å². The van der Waals surface area contributed by atoms with Crippen LogP contribution >= 0.6 is 38.6 Å². The van der Waals surface area contributed by atoms with Gasteiger partial charge in [-0.3, -0.25) is 0 Å². The van der Waals surface area contributed by atoms with Gasteiger partial charge >= 0.3 is 5.97 Å². The SMILES string of the molecule is CCOC(=O)c1cc2csc(Br)c2s1. The van der Waals surface area contributed by atoms with Crippen LogP contribution in [0.3, 0.4) is 0 Å². The summed E-state index contributed by atoms with van der Waals surface area (Å²) in [6.07, 6.45) is 0. The van der Waals surface area contributed by atoms with Gasteiger partial charge in [0.25, 0.3) is 0 Å². The summed E-state index contributed by atoms with van der Waals surface area (Å²) in [7, 11) is 0. The minimum Gasteiger partial charge on any atom is -0.462 e. The van der Waals surface area contributed by atoms with Crippen molar-refractivity contribution < 1.29 is 9.53 Å². The van der Waals surface area contributed by atoms with Crippen molar-refractivity contribution in [2.24, 2.45) is 0 Å². The maximum absolute atomic E-state index is 11.4. The lowest BCUT2D eigenvalue weighted by atomic mass is 10.4. The highest BCUT2D eigenvalue weighted by Crippen LogP contribution is 2.37. The Bertz CT molecular complexity index is 472. The number of fused-ring (bicyclic) bond motifs is 1. The van der Waals surface area contributed by atoms with Gasteiger partial charge in [0, 0.05) is 10.8 Å². The van der Waals surface area contributed by atoms with Gasteiger partial charge in [0.2, 0.25) is 0 Å². The molecule has 0 unspecified atom stereocenters. The van der Waals surface area contributed by atoms with Gasteiger partial charge in [0.05, 0.1) is 15.1 Å². The van der Waals surface area contributed by atoms with Crippen LogP contribution in [0, 0.1) is 0 Å². The van der Waals surface area contributed by atoms with Crippen molar-refractivity contribution in [3.05, 3.63) is 20.1 Å². The molecule has 0 radical (unpaired) electrons. The lowest BCUT2D eigenvalue weighted by Gasteiger charge is -1.96. The molecule has 2 heterocycles. The molecule has 0 aliphatic heterocycles. The molecule has 0 aliphatic carbocycles. The highest BCUT2D eigenvalue weighted by atomic mass is 79.9. The third-order valence-electron chi connectivity index (χ3n) is 1.71. The van der Waals surface area contributed by atoms with E-state index in [1.807, 2.05) is 18.4 Å². The van der Waals surface area contributed by atoms with Crippen LogP contribution in [-0.4, -0.2) is 12.6 Å². The van der Waals surface area contributed by atoms with Crippen LogP contribution in [0.1, 0.15) is 16.6 Å². The molecular formula is C9H7BrO2S2. The molecule has 2 aromatic rings. The molecule has 0 N–H and O–H groups in total. The Hall–Kier alpha value is -0.390. The molecule has 0 atom stereocenters. The molecule has 0 spiro atoms. The topological polar surface area (TPSA) is 26.3 Å². The van der Waals surface area contributed by atoms with E-state index in [4.69, 9.17) is 4.74 Å². The monoisotopic (exact) mass is 290 g/mol. The summed E-state index contributed by atoms with van der Waals surface area (Å²) < 4.78 is 7.13. The van der Waals surface area contributed by atoms with Gasteiger partial charge in [-0.2, -0.15) is 0 Å². The maximum atomic E-state index is 11.4. The third-order valence-corrected chi connectivity index (χ3v) is 4.99. The molecule has 0 saturated heterocycles. The van der Waals surface area contributed by atoms with Crippen molar-refractivity contribution in [2.75, 3.05) is 6.61 Å². The van der Waals surface area contributed by atoms with E-state index < -0.39 is 0 Å². The molecule has 0 saturated carbocycles. The first kappa shape index (κ1) is 10.1. The van der Waals surface area contributed by atoms with E-state index in [0.717, 1.165) is 13.9 Å². The average Bonchev–Trinajstić information content (AvgIpc) is 2.69. The van der Waals surface area contributed by atoms with Gasteiger partial charge in [-0.05, 0) is 28.9 Å². The zero-order valence-corrected chi connectivity index (χ0v) is 10.6. The van der Waals surface area contributed by atoms with Crippen LogP contribution in [-0.2, 0) is 4.74 Å². The molecule has 2 nitrogen and oxygen atoms in total.